The molecule has 1 aliphatic heterocycles. The van der Waals surface area contributed by atoms with Crippen LogP contribution in [0, 0.1) is 0 Å². The van der Waals surface area contributed by atoms with Gasteiger partial charge in [-0.25, -0.2) is 9.97 Å². The van der Waals surface area contributed by atoms with Crippen LogP contribution in [-0.2, 0) is 5.41 Å². The van der Waals surface area contributed by atoms with E-state index in [1.165, 1.54) is 22.3 Å². The number of nitrogens with zero attached hydrogens (tertiary/aromatic N) is 3. The highest BCUT2D eigenvalue weighted by Crippen LogP contribution is 2.63. The molecule has 0 amide bonds. The van der Waals surface area contributed by atoms with Gasteiger partial charge in [0.2, 0.25) is 0 Å². The Hall–Kier alpha value is -7.30. The number of fused-ring (bicyclic) bond motifs is 15. The van der Waals surface area contributed by atoms with Crippen molar-refractivity contribution in [1.82, 2.24) is 14.5 Å². The van der Waals surface area contributed by atoms with Gasteiger partial charge in [-0.1, -0.05) is 176 Å². The van der Waals surface area contributed by atoms with Crippen LogP contribution in [0.2, 0.25) is 0 Å². The second-order valence-corrected chi connectivity index (χ2v) is 14.5. The summed E-state index contributed by atoms with van der Waals surface area (Å²) in [5.41, 5.74) is 11.6. The van der Waals surface area contributed by atoms with E-state index in [1.54, 1.807) is 0 Å². The first kappa shape index (κ1) is 30.2. The second-order valence-electron chi connectivity index (χ2n) is 14.5. The van der Waals surface area contributed by atoms with E-state index < -0.39 is 5.41 Å². The van der Waals surface area contributed by atoms with Gasteiger partial charge in [0.15, 0.2) is 11.6 Å². The van der Waals surface area contributed by atoms with Crippen molar-refractivity contribution < 1.29 is 4.74 Å². The van der Waals surface area contributed by atoms with Crippen molar-refractivity contribution in [2.24, 2.45) is 0 Å². The van der Waals surface area contributed by atoms with Crippen LogP contribution in [0.1, 0.15) is 22.3 Å². The van der Waals surface area contributed by atoms with E-state index in [0.717, 1.165) is 77.8 Å². The molecule has 12 rings (SSSR count). The molecule has 4 heteroatoms. The van der Waals surface area contributed by atoms with Crippen molar-refractivity contribution in [2.45, 2.75) is 5.41 Å². The van der Waals surface area contributed by atoms with Gasteiger partial charge in [0.1, 0.15) is 11.6 Å². The van der Waals surface area contributed by atoms with Crippen molar-refractivity contribution in [3.8, 4) is 51.1 Å². The first-order valence-electron chi connectivity index (χ1n) is 18.8. The number of rotatable bonds is 3. The number of aromatic nitrogens is 3. The normalized spacial score (nSPS) is 13.4. The predicted molar refractivity (Wildman–Crippen MR) is 222 cm³/mol. The number of para-hydroxylation sites is 1. The summed E-state index contributed by atoms with van der Waals surface area (Å²) in [4.78, 5) is 10.6. The Morgan fingerprint density at radius 3 is 1.80 bits per heavy atom. The number of hydrogen-bond acceptors (Lipinski definition) is 3. The smallest absolute Gasteiger partial charge is 0.162 e. The Balaban J connectivity index is 1.27. The zero-order valence-corrected chi connectivity index (χ0v) is 29.6. The fraction of sp³-hybridized carbons (Fsp3) is 0.0196. The third-order valence-corrected chi connectivity index (χ3v) is 11.7. The van der Waals surface area contributed by atoms with E-state index in [2.05, 4.69) is 168 Å². The van der Waals surface area contributed by atoms with E-state index in [-0.39, 0.29) is 0 Å². The third-order valence-electron chi connectivity index (χ3n) is 11.7. The van der Waals surface area contributed by atoms with Gasteiger partial charge >= 0.3 is 0 Å². The monoisotopic (exact) mass is 701 g/mol. The molecular formula is C51H31N3O. The van der Waals surface area contributed by atoms with Crippen molar-refractivity contribution in [1.29, 1.82) is 0 Å². The predicted octanol–water partition coefficient (Wildman–Crippen LogP) is 12.5. The van der Waals surface area contributed by atoms with Crippen LogP contribution in [0.25, 0.3) is 72.2 Å². The average Bonchev–Trinajstić information content (AvgIpc) is 3.76. The summed E-state index contributed by atoms with van der Waals surface area (Å²) in [5.74, 6) is 3.14. The molecule has 0 radical (unpaired) electrons. The fourth-order valence-corrected chi connectivity index (χ4v) is 9.42. The molecule has 0 N–H and O–H groups in total. The first-order chi connectivity index (χ1) is 27.3. The molecule has 1 spiro atoms. The summed E-state index contributed by atoms with van der Waals surface area (Å²) >= 11 is 0. The summed E-state index contributed by atoms with van der Waals surface area (Å²) in [6.07, 6.45) is 0. The van der Waals surface area contributed by atoms with Crippen LogP contribution in [0.3, 0.4) is 0 Å². The molecule has 2 aliphatic rings. The molecule has 0 saturated carbocycles. The van der Waals surface area contributed by atoms with Crippen LogP contribution in [-0.4, -0.2) is 14.5 Å². The zero-order chi connectivity index (χ0) is 36.1. The molecule has 0 fully saturated rings. The number of benzene rings is 8. The highest BCUT2D eigenvalue weighted by atomic mass is 16.5. The van der Waals surface area contributed by atoms with Gasteiger partial charge in [-0.05, 0) is 33.7 Å². The lowest BCUT2D eigenvalue weighted by atomic mass is 9.66. The van der Waals surface area contributed by atoms with Crippen molar-refractivity contribution in [2.75, 3.05) is 0 Å². The van der Waals surface area contributed by atoms with E-state index in [9.17, 15) is 0 Å². The highest BCUT2D eigenvalue weighted by molar-refractivity contribution is 6.20. The molecule has 2 aromatic heterocycles. The van der Waals surface area contributed by atoms with E-state index in [1.807, 2.05) is 24.3 Å². The summed E-state index contributed by atoms with van der Waals surface area (Å²) < 4.78 is 9.62. The molecule has 3 heterocycles. The van der Waals surface area contributed by atoms with Crippen molar-refractivity contribution in [3.63, 3.8) is 0 Å². The molecule has 0 atom stereocenters. The van der Waals surface area contributed by atoms with E-state index in [4.69, 9.17) is 14.7 Å². The standard InChI is InChI=1S/C51H31N3O/c1-3-16-33(17-4-1)44-31-46(53-50(52-44)34-18-5-2-6-19-34)54-47-35-20-8-7-15-32(35)27-28-38(47)39-29-30-43-49(48(39)54)55-45-26-14-13-25-42(45)51(43)40-23-11-9-21-36(40)37-22-10-12-24-41(37)51/h1-31H. The fourth-order valence-electron chi connectivity index (χ4n) is 9.42. The lowest BCUT2D eigenvalue weighted by Gasteiger charge is -2.39. The van der Waals surface area contributed by atoms with E-state index >= 15 is 0 Å². The lowest BCUT2D eigenvalue weighted by Crippen LogP contribution is -2.32. The zero-order valence-electron chi connectivity index (χ0n) is 29.6. The maximum absolute atomic E-state index is 7.28. The molecular weight excluding hydrogens is 671 g/mol. The summed E-state index contributed by atoms with van der Waals surface area (Å²) in [5, 5.41) is 4.56. The molecule has 1 aliphatic carbocycles. The summed E-state index contributed by atoms with van der Waals surface area (Å²) in [6, 6.07) is 66.9. The minimum absolute atomic E-state index is 0.592. The Kier molecular flexibility index (Phi) is 6.23. The minimum Gasteiger partial charge on any atom is -0.454 e. The molecule has 8 aromatic carbocycles. The molecule has 4 nitrogen and oxygen atoms in total. The minimum atomic E-state index is -0.592. The molecule has 0 saturated heterocycles. The van der Waals surface area contributed by atoms with Gasteiger partial charge in [0, 0.05) is 44.5 Å². The first-order valence-corrected chi connectivity index (χ1v) is 18.8. The average molecular weight is 702 g/mol. The third kappa shape index (κ3) is 4.11. The Labute approximate surface area is 317 Å². The SMILES string of the molecule is c1ccc(-c2cc(-n3c4c5c(ccc4c4ccc6ccccc6c43)C3(c4ccccc4O5)c4ccccc4-c4ccccc43)nc(-c3ccccc3)n2)cc1. The number of ether oxygens (including phenoxy) is 1. The summed E-state index contributed by atoms with van der Waals surface area (Å²) in [6.45, 7) is 0. The van der Waals surface area contributed by atoms with Crippen molar-refractivity contribution >= 4 is 32.6 Å². The van der Waals surface area contributed by atoms with Gasteiger partial charge in [0.05, 0.1) is 22.1 Å². The maximum atomic E-state index is 7.28. The molecule has 55 heavy (non-hydrogen) atoms. The Morgan fingerprint density at radius 1 is 0.436 bits per heavy atom. The lowest BCUT2D eigenvalue weighted by molar-refractivity contribution is 0.440. The quantitative estimate of drug-likeness (QED) is 0.184. The van der Waals surface area contributed by atoms with Gasteiger partial charge in [-0.15, -0.1) is 0 Å². The Morgan fingerprint density at radius 2 is 1.04 bits per heavy atom. The van der Waals surface area contributed by atoms with E-state index in [0.29, 0.717) is 5.82 Å². The highest BCUT2D eigenvalue weighted by Gasteiger charge is 2.51. The topological polar surface area (TPSA) is 39.9 Å². The second kappa shape index (κ2) is 11.3. The summed E-state index contributed by atoms with van der Waals surface area (Å²) in [7, 11) is 0. The molecule has 0 bridgehead atoms. The van der Waals surface area contributed by atoms with Crippen LogP contribution < -0.4 is 4.74 Å². The van der Waals surface area contributed by atoms with Gasteiger partial charge < -0.3 is 4.74 Å². The maximum Gasteiger partial charge on any atom is 0.162 e. The van der Waals surface area contributed by atoms with Crippen LogP contribution in [0.15, 0.2) is 188 Å². The van der Waals surface area contributed by atoms with Crippen LogP contribution in [0.4, 0.5) is 0 Å². The van der Waals surface area contributed by atoms with Gasteiger partial charge in [-0.3, -0.25) is 4.57 Å². The van der Waals surface area contributed by atoms with Crippen molar-refractivity contribution in [3.05, 3.63) is 210 Å². The van der Waals surface area contributed by atoms with Gasteiger partial charge in [0.25, 0.3) is 0 Å². The number of hydrogen-bond donors (Lipinski definition) is 0. The Bertz CT molecular complexity index is 3080. The van der Waals surface area contributed by atoms with Gasteiger partial charge in [-0.2, -0.15) is 0 Å². The van der Waals surface area contributed by atoms with Crippen LogP contribution in [0.5, 0.6) is 11.5 Å². The molecule has 10 aromatic rings. The largest absolute Gasteiger partial charge is 0.454 e. The molecule has 256 valence electrons. The molecule has 0 unspecified atom stereocenters. The van der Waals surface area contributed by atoms with Crippen LogP contribution >= 0.6 is 0 Å².